The van der Waals surface area contributed by atoms with Crippen LogP contribution in [0, 0.1) is 10.1 Å². The van der Waals surface area contributed by atoms with Crippen molar-refractivity contribution in [1.82, 2.24) is 20.2 Å². The van der Waals surface area contributed by atoms with E-state index in [2.05, 4.69) is 20.7 Å². The van der Waals surface area contributed by atoms with Crippen molar-refractivity contribution >= 4 is 62.5 Å². The van der Waals surface area contributed by atoms with E-state index in [9.17, 15) is 19.7 Å². The fraction of sp³-hybridized carbons (Fsp3) is 0.160. The minimum atomic E-state index is -0.855. The first-order chi connectivity index (χ1) is 17.9. The number of para-hydroxylation sites is 2. The molecule has 12 heteroatoms. The van der Waals surface area contributed by atoms with Crippen LogP contribution in [-0.2, 0) is 16.1 Å². The molecule has 0 aliphatic carbocycles. The highest BCUT2D eigenvalue weighted by atomic mass is 32.2. The summed E-state index contributed by atoms with van der Waals surface area (Å²) in [4.78, 5) is 40.9. The number of imide groups is 1. The van der Waals surface area contributed by atoms with Crippen molar-refractivity contribution in [3.05, 3.63) is 76.1 Å². The summed E-state index contributed by atoms with van der Waals surface area (Å²) in [6, 6.07) is 13.5. The number of rotatable bonds is 8. The number of hydrogen-bond donors (Lipinski definition) is 4. The molecule has 3 heterocycles. The van der Waals surface area contributed by atoms with Gasteiger partial charge in [0, 0.05) is 57.8 Å². The van der Waals surface area contributed by atoms with Gasteiger partial charge >= 0.3 is 0 Å². The van der Waals surface area contributed by atoms with E-state index in [4.69, 9.17) is 5.73 Å². The molecule has 0 fully saturated rings. The molecule has 2 amide bonds. The third-order valence-electron chi connectivity index (χ3n) is 6.21. The Hall–Kier alpha value is -4.58. The van der Waals surface area contributed by atoms with Gasteiger partial charge in [-0.15, -0.1) is 11.8 Å². The molecule has 2 aromatic heterocycles. The van der Waals surface area contributed by atoms with Gasteiger partial charge in [-0.1, -0.05) is 30.3 Å². The van der Waals surface area contributed by atoms with E-state index < -0.39 is 16.8 Å². The first-order valence-corrected chi connectivity index (χ1v) is 12.7. The Morgan fingerprint density at radius 2 is 1.84 bits per heavy atom. The molecule has 0 saturated carbocycles. The lowest BCUT2D eigenvalue weighted by Gasteiger charge is -2.09. The van der Waals surface area contributed by atoms with Crippen LogP contribution < -0.4 is 16.4 Å². The number of hydrogen-bond acceptors (Lipinski definition) is 5. The first kappa shape index (κ1) is 24.1. The van der Waals surface area contributed by atoms with Gasteiger partial charge in [0.15, 0.2) is 5.03 Å². The molecule has 0 spiro atoms. The van der Waals surface area contributed by atoms with Crippen LogP contribution in [0.4, 0.5) is 0 Å². The average Bonchev–Trinajstić information content (AvgIpc) is 3.54. The van der Waals surface area contributed by atoms with Gasteiger partial charge in [-0.3, -0.25) is 14.9 Å². The second-order valence-electron chi connectivity index (χ2n) is 8.38. The van der Waals surface area contributed by atoms with Crippen molar-refractivity contribution in [2.75, 3.05) is 12.8 Å². The smallest absolute Gasteiger partial charge is 0.266 e. The molecule has 11 nitrogen and oxygen atoms in total. The SMILES string of the molecule is CSc1cccc2c(C3=C(c4c[nH]c5ccccc45)C(=O)NC3=O)cn(CCCNC(N)=N[N+](=O)[O-])c12. The minimum absolute atomic E-state index is 0.262. The van der Waals surface area contributed by atoms with E-state index >= 15 is 0 Å². The zero-order valence-electron chi connectivity index (χ0n) is 19.8. The highest BCUT2D eigenvalue weighted by Crippen LogP contribution is 2.40. The van der Waals surface area contributed by atoms with Crippen LogP contribution in [0.2, 0.25) is 0 Å². The van der Waals surface area contributed by atoms with Gasteiger partial charge < -0.3 is 20.6 Å². The zero-order valence-corrected chi connectivity index (χ0v) is 20.6. The molecule has 0 saturated heterocycles. The Kier molecular flexibility index (Phi) is 6.40. The Morgan fingerprint density at radius 3 is 2.59 bits per heavy atom. The van der Waals surface area contributed by atoms with Crippen LogP contribution in [0.5, 0.6) is 0 Å². The van der Waals surface area contributed by atoms with Crippen LogP contribution in [-0.4, -0.2) is 45.2 Å². The van der Waals surface area contributed by atoms with Gasteiger partial charge in [0.25, 0.3) is 17.8 Å². The molecule has 1 aliphatic rings. The minimum Gasteiger partial charge on any atom is -0.365 e. The fourth-order valence-electron chi connectivity index (χ4n) is 4.70. The second-order valence-corrected chi connectivity index (χ2v) is 9.23. The molecule has 2 aromatic carbocycles. The lowest BCUT2D eigenvalue weighted by molar-refractivity contribution is -0.485. The van der Waals surface area contributed by atoms with E-state index in [1.54, 1.807) is 18.0 Å². The van der Waals surface area contributed by atoms with Crippen molar-refractivity contribution in [3.8, 4) is 0 Å². The highest BCUT2D eigenvalue weighted by Gasteiger charge is 2.35. The lowest BCUT2D eigenvalue weighted by atomic mass is 9.95. The van der Waals surface area contributed by atoms with Gasteiger partial charge in [0.05, 0.1) is 16.7 Å². The number of nitrogens with zero attached hydrogens (tertiary/aromatic N) is 3. The predicted octanol–water partition coefficient (Wildman–Crippen LogP) is 2.90. The van der Waals surface area contributed by atoms with Crippen molar-refractivity contribution in [2.45, 2.75) is 17.9 Å². The third kappa shape index (κ3) is 4.42. The van der Waals surface area contributed by atoms with Gasteiger partial charge in [-0.25, -0.2) is 10.1 Å². The second kappa shape index (κ2) is 9.82. The molecule has 1 aliphatic heterocycles. The summed E-state index contributed by atoms with van der Waals surface area (Å²) in [5, 5.41) is 19.6. The summed E-state index contributed by atoms with van der Waals surface area (Å²) >= 11 is 1.58. The Bertz CT molecular complexity index is 1630. The van der Waals surface area contributed by atoms with Crippen LogP contribution in [0.25, 0.3) is 33.0 Å². The molecule has 188 valence electrons. The summed E-state index contributed by atoms with van der Waals surface area (Å²) in [7, 11) is 0. The average molecular weight is 518 g/mol. The van der Waals surface area contributed by atoms with Gasteiger partial charge in [0.1, 0.15) is 5.10 Å². The topological polar surface area (TPSA) is 160 Å². The molecular formula is C25H23N7O4S. The number of carbonyl (C=O) groups excluding carboxylic acids is 2. The summed E-state index contributed by atoms with van der Waals surface area (Å²) in [5.41, 5.74) is 9.32. The maximum Gasteiger partial charge on any atom is 0.266 e. The number of hydrazone groups is 1. The van der Waals surface area contributed by atoms with Crippen LogP contribution in [0.15, 0.2) is 64.9 Å². The number of aromatic amines is 1. The van der Waals surface area contributed by atoms with Crippen molar-refractivity contribution < 1.29 is 14.6 Å². The van der Waals surface area contributed by atoms with Crippen molar-refractivity contribution in [1.29, 1.82) is 0 Å². The van der Waals surface area contributed by atoms with E-state index in [-0.39, 0.29) is 5.96 Å². The Balaban J connectivity index is 1.60. The fourth-order valence-corrected chi connectivity index (χ4v) is 5.34. The molecule has 37 heavy (non-hydrogen) atoms. The summed E-state index contributed by atoms with van der Waals surface area (Å²) < 4.78 is 2.04. The summed E-state index contributed by atoms with van der Waals surface area (Å²) in [6.45, 7) is 0.903. The van der Waals surface area contributed by atoms with E-state index in [1.165, 1.54) is 0 Å². The number of aromatic nitrogens is 2. The number of aryl methyl sites for hydroxylation is 1. The molecule has 5 N–H and O–H groups in total. The third-order valence-corrected chi connectivity index (χ3v) is 6.98. The quantitative estimate of drug-likeness (QED) is 0.0531. The van der Waals surface area contributed by atoms with E-state index in [1.807, 2.05) is 59.5 Å². The number of thioether (sulfide) groups is 1. The number of benzene rings is 2. The highest BCUT2D eigenvalue weighted by molar-refractivity contribution is 7.98. The largest absolute Gasteiger partial charge is 0.365 e. The Morgan fingerprint density at radius 1 is 1.11 bits per heavy atom. The molecule has 0 atom stereocenters. The summed E-state index contributed by atoms with van der Waals surface area (Å²) in [6.07, 6.45) is 6.21. The molecule has 0 unspecified atom stereocenters. The number of nitrogens with one attached hydrogen (secondary N) is 3. The number of nitrogens with two attached hydrogens (primary N) is 1. The number of guanidine groups is 1. The number of amides is 2. The monoisotopic (exact) mass is 517 g/mol. The van der Waals surface area contributed by atoms with Crippen molar-refractivity contribution in [2.24, 2.45) is 10.8 Å². The van der Waals surface area contributed by atoms with Crippen molar-refractivity contribution in [3.63, 3.8) is 0 Å². The molecule has 0 radical (unpaired) electrons. The lowest BCUT2D eigenvalue weighted by Crippen LogP contribution is -2.33. The maximum absolute atomic E-state index is 13.2. The van der Waals surface area contributed by atoms with Crippen LogP contribution in [0.3, 0.4) is 0 Å². The van der Waals surface area contributed by atoms with Crippen LogP contribution in [0.1, 0.15) is 17.5 Å². The molecule has 0 bridgehead atoms. The van der Waals surface area contributed by atoms with E-state index in [0.29, 0.717) is 41.8 Å². The van der Waals surface area contributed by atoms with Crippen LogP contribution >= 0.6 is 11.8 Å². The van der Waals surface area contributed by atoms with Gasteiger partial charge in [-0.2, -0.15) is 0 Å². The van der Waals surface area contributed by atoms with Gasteiger partial charge in [0.2, 0.25) is 0 Å². The molecule has 4 aromatic rings. The number of carbonyl (C=O) groups is 2. The predicted molar refractivity (Wildman–Crippen MR) is 143 cm³/mol. The number of H-pyrrole nitrogens is 1. The van der Waals surface area contributed by atoms with E-state index in [0.717, 1.165) is 26.7 Å². The molecular weight excluding hydrogens is 494 g/mol. The normalized spacial score (nSPS) is 14.1. The standard InChI is InChI=1S/C25H23N7O4S/c1-37-19-9-4-7-15-17(13-31(22(15)19)11-5-10-27-25(26)30-32(35)36)21-20(23(33)29-24(21)34)16-12-28-18-8-3-2-6-14(16)18/h2-4,6-9,12-13,28H,5,10-11H2,1H3,(H3,26,27,30)(H,29,33,34). The maximum atomic E-state index is 13.2. The first-order valence-electron chi connectivity index (χ1n) is 11.4. The zero-order chi connectivity index (χ0) is 26.1. The Labute approximate surface area is 214 Å². The van der Waals surface area contributed by atoms with Gasteiger partial charge in [-0.05, 0) is 24.8 Å². The number of fused-ring (bicyclic) bond motifs is 2. The number of nitro groups is 1. The molecule has 5 rings (SSSR count). The summed E-state index contributed by atoms with van der Waals surface area (Å²) in [5.74, 6) is -1.14.